The molecule has 0 atom stereocenters. The molecule has 0 unspecified atom stereocenters. The van der Waals surface area contributed by atoms with Crippen LogP contribution in [0.2, 0.25) is 0 Å². The van der Waals surface area contributed by atoms with E-state index in [4.69, 9.17) is 9.72 Å². The summed E-state index contributed by atoms with van der Waals surface area (Å²) in [5, 5.41) is 6.42. The number of carbonyl (C=O) groups excluding carboxylic acids is 2. The number of fused-ring (bicyclic) bond motifs is 2. The van der Waals surface area contributed by atoms with Crippen molar-refractivity contribution in [3.8, 4) is 10.6 Å². The van der Waals surface area contributed by atoms with Gasteiger partial charge >= 0.3 is 5.97 Å². The molecular formula is C26H24N2O3S2. The Hall–Kier alpha value is -3.03. The van der Waals surface area contributed by atoms with Gasteiger partial charge in [-0.1, -0.05) is 37.1 Å². The summed E-state index contributed by atoms with van der Waals surface area (Å²) in [4.78, 5) is 33.3. The molecule has 5 rings (SSSR count). The van der Waals surface area contributed by atoms with Crippen molar-refractivity contribution in [2.24, 2.45) is 0 Å². The molecule has 5 nitrogen and oxygen atoms in total. The highest BCUT2D eigenvalue weighted by Crippen LogP contribution is 2.38. The molecule has 0 spiro atoms. The number of thiophene rings is 2. The van der Waals surface area contributed by atoms with Crippen molar-refractivity contribution in [1.29, 1.82) is 0 Å². The number of amides is 1. The van der Waals surface area contributed by atoms with Gasteiger partial charge in [-0.3, -0.25) is 4.79 Å². The molecule has 1 aliphatic carbocycles. The Bertz CT molecular complexity index is 1330. The van der Waals surface area contributed by atoms with Gasteiger partial charge in [0.2, 0.25) is 0 Å². The van der Waals surface area contributed by atoms with Crippen molar-refractivity contribution >= 4 is 50.5 Å². The van der Waals surface area contributed by atoms with Gasteiger partial charge in [-0.2, -0.15) is 0 Å². The topological polar surface area (TPSA) is 68.3 Å². The van der Waals surface area contributed by atoms with Crippen LogP contribution in [0.5, 0.6) is 0 Å². The van der Waals surface area contributed by atoms with Gasteiger partial charge in [0.1, 0.15) is 5.00 Å². The number of nitrogens with one attached hydrogen (secondary N) is 1. The number of ether oxygens (including phenoxy) is 1. The second kappa shape index (κ2) is 9.45. The number of benzene rings is 1. The van der Waals surface area contributed by atoms with E-state index < -0.39 is 0 Å². The molecule has 0 radical (unpaired) electrons. The zero-order valence-electron chi connectivity index (χ0n) is 18.3. The summed E-state index contributed by atoms with van der Waals surface area (Å²) in [5.74, 6) is -0.631. The van der Waals surface area contributed by atoms with Crippen LogP contribution >= 0.6 is 22.7 Å². The fraction of sp³-hybridized carbons (Fsp3) is 0.269. The van der Waals surface area contributed by atoms with Gasteiger partial charge in [0.15, 0.2) is 0 Å². The van der Waals surface area contributed by atoms with Gasteiger partial charge in [-0.15, -0.1) is 22.7 Å². The molecule has 33 heavy (non-hydrogen) atoms. The van der Waals surface area contributed by atoms with E-state index in [1.807, 2.05) is 47.8 Å². The number of aromatic nitrogens is 1. The lowest BCUT2D eigenvalue weighted by molar-refractivity contribution is 0.0601. The number of carbonyl (C=O) groups is 2. The van der Waals surface area contributed by atoms with E-state index in [9.17, 15) is 9.59 Å². The third kappa shape index (κ3) is 4.30. The van der Waals surface area contributed by atoms with Gasteiger partial charge < -0.3 is 10.1 Å². The predicted molar refractivity (Wildman–Crippen MR) is 135 cm³/mol. The average Bonchev–Trinajstić information content (AvgIpc) is 3.46. The summed E-state index contributed by atoms with van der Waals surface area (Å²) in [5.41, 5.74) is 3.63. The van der Waals surface area contributed by atoms with Crippen LogP contribution < -0.4 is 5.32 Å². The van der Waals surface area contributed by atoms with E-state index in [1.54, 1.807) is 11.3 Å². The molecule has 3 aromatic heterocycles. The summed E-state index contributed by atoms with van der Waals surface area (Å²) in [6.07, 6.45) is 6.27. The zero-order chi connectivity index (χ0) is 22.8. The molecule has 0 aliphatic heterocycles. The van der Waals surface area contributed by atoms with Gasteiger partial charge in [0.05, 0.1) is 34.3 Å². The number of hydrogen-bond donors (Lipinski definition) is 1. The van der Waals surface area contributed by atoms with Gasteiger partial charge in [0, 0.05) is 10.3 Å². The molecule has 1 amide bonds. The molecule has 168 valence electrons. The fourth-order valence-corrected chi connectivity index (χ4v) is 6.37. The van der Waals surface area contributed by atoms with Crippen molar-refractivity contribution in [2.75, 3.05) is 12.4 Å². The van der Waals surface area contributed by atoms with Crippen molar-refractivity contribution in [3.05, 3.63) is 69.4 Å². The summed E-state index contributed by atoms with van der Waals surface area (Å²) >= 11 is 3.10. The summed E-state index contributed by atoms with van der Waals surface area (Å²) in [6, 6.07) is 13.5. The second-order valence-electron chi connectivity index (χ2n) is 8.12. The quantitative estimate of drug-likeness (QED) is 0.332. The summed E-state index contributed by atoms with van der Waals surface area (Å²) < 4.78 is 5.11. The molecule has 1 aliphatic rings. The molecular weight excluding hydrogens is 452 g/mol. The van der Waals surface area contributed by atoms with Crippen LogP contribution in [-0.4, -0.2) is 24.0 Å². The normalized spacial score (nSPS) is 13.7. The third-order valence-electron chi connectivity index (χ3n) is 6.02. The Kier molecular flexibility index (Phi) is 6.24. The van der Waals surface area contributed by atoms with Gasteiger partial charge in [-0.25, -0.2) is 9.78 Å². The van der Waals surface area contributed by atoms with Gasteiger partial charge in [-0.05, 0) is 54.8 Å². The van der Waals surface area contributed by atoms with Crippen LogP contribution in [-0.2, 0) is 17.6 Å². The van der Waals surface area contributed by atoms with Crippen molar-refractivity contribution in [3.63, 3.8) is 0 Å². The van der Waals surface area contributed by atoms with Crippen molar-refractivity contribution < 1.29 is 14.3 Å². The second-order valence-corrected chi connectivity index (χ2v) is 10.2. The number of aryl methyl sites for hydroxylation is 1. The van der Waals surface area contributed by atoms with Crippen molar-refractivity contribution in [1.82, 2.24) is 4.98 Å². The minimum atomic E-state index is -0.387. The highest BCUT2D eigenvalue weighted by molar-refractivity contribution is 7.17. The standard InChI is InChI=1S/C26H24N2O3S2/c1-31-26(30)23-17-10-4-2-3-5-12-21(17)33-25(23)28-24(29)18-15-20(22-13-8-14-32-22)27-19-11-7-6-9-16(18)19/h6-9,11,13-15H,2-5,10,12H2,1H3,(H,28,29). The molecule has 7 heteroatoms. The van der Waals surface area contributed by atoms with E-state index in [1.165, 1.54) is 29.7 Å². The minimum Gasteiger partial charge on any atom is -0.465 e. The number of nitrogens with zero attached hydrogens (tertiary/aromatic N) is 1. The van der Waals surface area contributed by atoms with E-state index in [-0.39, 0.29) is 11.9 Å². The Morgan fingerprint density at radius 1 is 1.03 bits per heavy atom. The highest BCUT2D eigenvalue weighted by atomic mass is 32.1. The number of pyridine rings is 1. The summed E-state index contributed by atoms with van der Waals surface area (Å²) in [6.45, 7) is 0. The number of anilines is 1. The van der Waals surface area contributed by atoms with E-state index in [0.29, 0.717) is 16.1 Å². The maximum atomic E-state index is 13.6. The SMILES string of the molecule is COC(=O)c1c(NC(=O)c2cc(-c3cccs3)nc3ccccc23)sc2c1CCCCCC2. The Morgan fingerprint density at radius 2 is 1.85 bits per heavy atom. The lowest BCUT2D eigenvalue weighted by Crippen LogP contribution is -2.15. The van der Waals surface area contributed by atoms with Crippen molar-refractivity contribution in [2.45, 2.75) is 38.5 Å². The van der Waals surface area contributed by atoms with Gasteiger partial charge in [0.25, 0.3) is 5.91 Å². The summed E-state index contributed by atoms with van der Waals surface area (Å²) in [7, 11) is 1.39. The molecule has 0 saturated carbocycles. The first-order valence-electron chi connectivity index (χ1n) is 11.1. The van der Waals surface area contributed by atoms with Crippen LogP contribution in [0.1, 0.15) is 56.8 Å². The highest BCUT2D eigenvalue weighted by Gasteiger charge is 2.26. The third-order valence-corrected chi connectivity index (χ3v) is 8.12. The number of hydrogen-bond acceptors (Lipinski definition) is 6. The smallest absolute Gasteiger partial charge is 0.341 e. The maximum absolute atomic E-state index is 13.6. The molecule has 0 saturated heterocycles. The Balaban J connectivity index is 1.58. The predicted octanol–water partition coefficient (Wildman–Crippen LogP) is 6.72. The molecule has 0 bridgehead atoms. The first kappa shape index (κ1) is 21.8. The van der Waals surface area contributed by atoms with Crippen LogP contribution in [0.3, 0.4) is 0 Å². The lowest BCUT2D eigenvalue weighted by Gasteiger charge is -2.11. The van der Waals surface area contributed by atoms with E-state index in [2.05, 4.69) is 5.32 Å². The van der Waals surface area contributed by atoms with Crippen LogP contribution in [0.25, 0.3) is 21.5 Å². The first-order chi connectivity index (χ1) is 16.2. The molecule has 4 aromatic rings. The maximum Gasteiger partial charge on any atom is 0.341 e. The Morgan fingerprint density at radius 3 is 2.64 bits per heavy atom. The number of esters is 1. The monoisotopic (exact) mass is 476 g/mol. The van der Waals surface area contributed by atoms with Crippen LogP contribution in [0, 0.1) is 0 Å². The molecule has 3 heterocycles. The van der Waals surface area contributed by atoms with Crippen LogP contribution in [0.4, 0.5) is 5.00 Å². The molecule has 1 aromatic carbocycles. The average molecular weight is 477 g/mol. The van der Waals surface area contributed by atoms with Crippen LogP contribution in [0.15, 0.2) is 47.8 Å². The first-order valence-corrected chi connectivity index (χ1v) is 12.8. The van der Waals surface area contributed by atoms with E-state index >= 15 is 0 Å². The number of methoxy groups -OCH3 is 1. The Labute approximate surface area is 200 Å². The minimum absolute atomic E-state index is 0.245. The number of rotatable bonds is 4. The van der Waals surface area contributed by atoms with E-state index in [0.717, 1.165) is 59.1 Å². The molecule has 1 N–H and O–H groups in total. The number of para-hydroxylation sites is 1. The molecule has 0 fully saturated rings. The zero-order valence-corrected chi connectivity index (χ0v) is 20.0. The fourth-order valence-electron chi connectivity index (χ4n) is 4.41. The largest absolute Gasteiger partial charge is 0.465 e. The lowest BCUT2D eigenvalue weighted by atomic mass is 9.96.